The van der Waals surface area contributed by atoms with Crippen molar-refractivity contribution in [2.75, 3.05) is 6.61 Å². The standard InChI is InChI=1S/C22H24N2O8/c1-11(2)18(20(27)23-15-9-17(26)32-22(15)30)24-16(25)10-31-19-13-6-4-3-5-12(13)7-8-14(19)21(28)29/h3-8,11,15,18,22,30H,9-10H2,1-2H3,(H,23,27)(H,24,25)(H,28,29)/t15-,18-,22?/m0/s1. The summed E-state index contributed by atoms with van der Waals surface area (Å²) in [5.41, 5.74) is -0.0884. The molecule has 1 aliphatic rings. The number of carbonyl (C=O) groups is 4. The second kappa shape index (κ2) is 9.65. The van der Waals surface area contributed by atoms with Crippen LogP contribution in [0.15, 0.2) is 36.4 Å². The third-order valence-corrected chi connectivity index (χ3v) is 5.03. The minimum absolute atomic E-state index is 0.0565. The van der Waals surface area contributed by atoms with E-state index in [4.69, 9.17) is 4.74 Å². The molecule has 1 saturated heterocycles. The number of cyclic esters (lactones) is 1. The molecule has 3 atom stereocenters. The van der Waals surface area contributed by atoms with E-state index in [1.165, 1.54) is 6.07 Å². The molecule has 0 saturated carbocycles. The average Bonchev–Trinajstić information content (AvgIpc) is 3.05. The van der Waals surface area contributed by atoms with Crippen LogP contribution in [0.2, 0.25) is 0 Å². The highest BCUT2D eigenvalue weighted by molar-refractivity contribution is 6.00. The van der Waals surface area contributed by atoms with Crippen molar-refractivity contribution >= 4 is 34.5 Å². The zero-order valence-corrected chi connectivity index (χ0v) is 17.5. The lowest BCUT2D eigenvalue weighted by atomic mass is 10.0. The molecule has 1 heterocycles. The van der Waals surface area contributed by atoms with Crippen molar-refractivity contribution in [3.63, 3.8) is 0 Å². The van der Waals surface area contributed by atoms with Gasteiger partial charge in [0.1, 0.15) is 23.4 Å². The molecule has 0 aliphatic carbocycles. The Morgan fingerprint density at radius 2 is 1.91 bits per heavy atom. The zero-order valence-electron chi connectivity index (χ0n) is 17.5. The van der Waals surface area contributed by atoms with E-state index in [2.05, 4.69) is 15.4 Å². The van der Waals surface area contributed by atoms with Crippen LogP contribution in [0.5, 0.6) is 5.75 Å². The van der Waals surface area contributed by atoms with Gasteiger partial charge in [0.25, 0.3) is 5.91 Å². The van der Waals surface area contributed by atoms with Crippen LogP contribution >= 0.6 is 0 Å². The second-order valence-electron chi connectivity index (χ2n) is 7.75. The van der Waals surface area contributed by atoms with E-state index in [0.29, 0.717) is 5.39 Å². The summed E-state index contributed by atoms with van der Waals surface area (Å²) in [4.78, 5) is 48.0. The molecular weight excluding hydrogens is 420 g/mol. The van der Waals surface area contributed by atoms with E-state index in [-0.39, 0.29) is 23.7 Å². The molecule has 1 unspecified atom stereocenters. The van der Waals surface area contributed by atoms with Gasteiger partial charge in [-0.2, -0.15) is 0 Å². The minimum Gasteiger partial charge on any atom is -0.482 e. The molecule has 2 aromatic carbocycles. The smallest absolute Gasteiger partial charge is 0.339 e. The first-order chi connectivity index (χ1) is 15.2. The fourth-order valence-electron chi connectivity index (χ4n) is 3.39. The van der Waals surface area contributed by atoms with Gasteiger partial charge in [-0.25, -0.2) is 4.79 Å². The van der Waals surface area contributed by atoms with Gasteiger partial charge in [0.2, 0.25) is 12.2 Å². The van der Waals surface area contributed by atoms with Crippen molar-refractivity contribution in [1.82, 2.24) is 10.6 Å². The maximum atomic E-state index is 12.6. The summed E-state index contributed by atoms with van der Waals surface area (Å²) < 4.78 is 10.2. The Balaban J connectivity index is 1.69. The van der Waals surface area contributed by atoms with Gasteiger partial charge < -0.3 is 30.3 Å². The third-order valence-electron chi connectivity index (χ3n) is 5.03. The number of rotatable bonds is 8. The summed E-state index contributed by atoms with van der Waals surface area (Å²) in [7, 11) is 0. The van der Waals surface area contributed by atoms with Gasteiger partial charge in [0, 0.05) is 5.39 Å². The Morgan fingerprint density at radius 3 is 2.53 bits per heavy atom. The number of amides is 2. The molecule has 0 aromatic heterocycles. The molecule has 2 aromatic rings. The van der Waals surface area contributed by atoms with Crippen molar-refractivity contribution in [2.45, 2.75) is 38.6 Å². The molecule has 170 valence electrons. The van der Waals surface area contributed by atoms with Crippen LogP contribution in [0.3, 0.4) is 0 Å². The number of carboxylic acid groups (broad SMARTS) is 1. The van der Waals surface area contributed by atoms with Gasteiger partial charge in [-0.05, 0) is 17.4 Å². The molecule has 2 amide bonds. The maximum Gasteiger partial charge on any atom is 0.339 e. The Kier molecular flexibility index (Phi) is 6.94. The Hall–Kier alpha value is -3.66. The number of aliphatic hydroxyl groups is 1. The van der Waals surface area contributed by atoms with Gasteiger partial charge in [-0.15, -0.1) is 0 Å². The molecule has 32 heavy (non-hydrogen) atoms. The van der Waals surface area contributed by atoms with Gasteiger partial charge in [-0.1, -0.05) is 44.2 Å². The van der Waals surface area contributed by atoms with Gasteiger partial charge in [-0.3, -0.25) is 14.4 Å². The molecule has 0 spiro atoms. The van der Waals surface area contributed by atoms with Crippen LogP contribution in [0, 0.1) is 5.92 Å². The van der Waals surface area contributed by atoms with Crippen LogP contribution < -0.4 is 15.4 Å². The number of hydrogen-bond acceptors (Lipinski definition) is 7. The number of aromatic carboxylic acids is 1. The summed E-state index contributed by atoms with van der Waals surface area (Å²) in [5.74, 6) is -3.32. The fraction of sp³-hybridized carbons (Fsp3) is 0.364. The van der Waals surface area contributed by atoms with E-state index in [9.17, 15) is 29.4 Å². The first kappa shape index (κ1) is 23.0. The second-order valence-corrected chi connectivity index (χ2v) is 7.75. The lowest BCUT2D eigenvalue weighted by molar-refractivity contribution is -0.155. The summed E-state index contributed by atoms with van der Waals surface area (Å²) in [5, 5.41) is 25.5. The van der Waals surface area contributed by atoms with Crippen LogP contribution in [-0.4, -0.2) is 58.9 Å². The number of hydrogen-bond donors (Lipinski definition) is 4. The van der Waals surface area contributed by atoms with Crippen molar-refractivity contribution < 1.29 is 38.9 Å². The monoisotopic (exact) mass is 444 g/mol. The van der Waals surface area contributed by atoms with Crippen LogP contribution in [0.4, 0.5) is 0 Å². The van der Waals surface area contributed by atoms with Crippen LogP contribution in [-0.2, 0) is 19.1 Å². The maximum absolute atomic E-state index is 12.6. The Labute approximate surface area is 183 Å². The summed E-state index contributed by atoms with van der Waals surface area (Å²) in [6.45, 7) is 2.91. The molecule has 1 aliphatic heterocycles. The van der Waals surface area contributed by atoms with Crippen molar-refractivity contribution in [3.05, 3.63) is 42.0 Å². The van der Waals surface area contributed by atoms with Crippen molar-refractivity contribution in [3.8, 4) is 5.75 Å². The van der Waals surface area contributed by atoms with Gasteiger partial charge >= 0.3 is 11.9 Å². The first-order valence-electron chi connectivity index (χ1n) is 10.0. The van der Waals surface area contributed by atoms with E-state index in [0.717, 1.165) is 5.39 Å². The molecule has 4 N–H and O–H groups in total. The minimum atomic E-state index is -1.45. The summed E-state index contributed by atoms with van der Waals surface area (Å²) >= 11 is 0. The Morgan fingerprint density at radius 1 is 1.19 bits per heavy atom. The average molecular weight is 444 g/mol. The quantitative estimate of drug-likeness (QED) is 0.437. The number of esters is 1. The highest BCUT2D eigenvalue weighted by Crippen LogP contribution is 2.30. The lowest BCUT2D eigenvalue weighted by Gasteiger charge is -2.24. The molecule has 10 nitrogen and oxygen atoms in total. The van der Waals surface area contributed by atoms with Crippen LogP contribution in [0.25, 0.3) is 10.8 Å². The lowest BCUT2D eigenvalue weighted by Crippen LogP contribution is -2.54. The number of benzene rings is 2. The number of aliphatic hydroxyl groups excluding tert-OH is 1. The normalized spacial score (nSPS) is 18.8. The zero-order chi connectivity index (χ0) is 23.4. The molecule has 3 rings (SSSR count). The third kappa shape index (κ3) is 5.14. The fourth-order valence-corrected chi connectivity index (χ4v) is 3.39. The number of carbonyl (C=O) groups excluding carboxylic acids is 3. The summed E-state index contributed by atoms with van der Waals surface area (Å²) in [6, 6.07) is 8.18. The highest BCUT2D eigenvalue weighted by Gasteiger charge is 2.36. The Bertz CT molecular complexity index is 1050. The largest absolute Gasteiger partial charge is 0.482 e. The predicted octanol–water partition coefficient (Wildman–Crippen LogP) is 0.808. The SMILES string of the molecule is CC(C)[C@H](NC(=O)COc1c(C(=O)O)ccc2ccccc12)C(=O)N[C@H]1CC(=O)OC1O. The summed E-state index contributed by atoms with van der Waals surface area (Å²) in [6.07, 6.45) is -1.62. The van der Waals surface area contributed by atoms with Gasteiger partial charge in [0.15, 0.2) is 6.61 Å². The van der Waals surface area contributed by atoms with E-state index >= 15 is 0 Å². The van der Waals surface area contributed by atoms with E-state index in [1.807, 2.05) is 0 Å². The van der Waals surface area contributed by atoms with Gasteiger partial charge in [0.05, 0.1) is 6.42 Å². The first-order valence-corrected chi connectivity index (χ1v) is 10.0. The van der Waals surface area contributed by atoms with E-state index in [1.54, 1.807) is 44.2 Å². The number of fused-ring (bicyclic) bond motifs is 1. The van der Waals surface area contributed by atoms with Crippen LogP contribution in [0.1, 0.15) is 30.6 Å². The molecular formula is C22H24N2O8. The molecule has 10 heteroatoms. The van der Waals surface area contributed by atoms with Crippen molar-refractivity contribution in [1.29, 1.82) is 0 Å². The topological polar surface area (TPSA) is 151 Å². The number of ether oxygens (including phenoxy) is 2. The molecule has 0 bridgehead atoms. The van der Waals surface area contributed by atoms with Crippen molar-refractivity contribution in [2.24, 2.45) is 5.92 Å². The van der Waals surface area contributed by atoms with E-state index < -0.39 is 48.7 Å². The predicted molar refractivity (Wildman–Crippen MR) is 112 cm³/mol. The number of nitrogens with one attached hydrogen (secondary N) is 2. The molecule has 0 radical (unpaired) electrons. The number of carboxylic acids is 1. The highest BCUT2D eigenvalue weighted by atomic mass is 16.6. The molecule has 1 fully saturated rings.